The van der Waals surface area contributed by atoms with Gasteiger partial charge >= 0.3 is 0 Å². The first kappa shape index (κ1) is 15.3. The van der Waals surface area contributed by atoms with E-state index in [2.05, 4.69) is 41.2 Å². The molecule has 0 radical (unpaired) electrons. The lowest BCUT2D eigenvalue weighted by Gasteiger charge is -2.29. The molecule has 3 heteroatoms. The normalized spacial score (nSPS) is 16.2. The molecule has 0 atom stereocenters. The van der Waals surface area contributed by atoms with Gasteiger partial charge in [0.15, 0.2) is 0 Å². The van der Waals surface area contributed by atoms with E-state index < -0.39 is 0 Å². The molecule has 1 aromatic rings. The third-order valence-electron chi connectivity index (χ3n) is 4.26. The van der Waals surface area contributed by atoms with Crippen molar-refractivity contribution in [3.8, 4) is 0 Å². The molecule has 1 aliphatic carbocycles. The molecule has 0 bridgehead atoms. The molecule has 1 saturated carbocycles. The van der Waals surface area contributed by atoms with Crippen LogP contribution in [0.5, 0.6) is 0 Å². The van der Waals surface area contributed by atoms with Gasteiger partial charge in [-0.15, -0.1) is 0 Å². The lowest BCUT2D eigenvalue weighted by Crippen LogP contribution is -2.34. The van der Waals surface area contributed by atoms with Crippen molar-refractivity contribution in [3.63, 3.8) is 0 Å². The molecule has 0 unspecified atom stereocenters. The van der Waals surface area contributed by atoms with Gasteiger partial charge < -0.3 is 5.32 Å². The molecule has 0 amide bonds. The van der Waals surface area contributed by atoms with E-state index in [1.807, 2.05) is 13.1 Å². The molecule has 20 heavy (non-hydrogen) atoms. The van der Waals surface area contributed by atoms with Crippen molar-refractivity contribution in [1.82, 2.24) is 9.88 Å². The summed E-state index contributed by atoms with van der Waals surface area (Å²) in [5.41, 5.74) is 1.19. The fourth-order valence-corrected chi connectivity index (χ4v) is 3.00. The van der Waals surface area contributed by atoms with Crippen molar-refractivity contribution in [2.45, 2.75) is 58.5 Å². The van der Waals surface area contributed by atoms with Crippen molar-refractivity contribution in [2.24, 2.45) is 5.92 Å². The van der Waals surface area contributed by atoms with Crippen molar-refractivity contribution in [3.05, 3.63) is 23.9 Å². The molecular formula is C17H29N3. The zero-order valence-electron chi connectivity index (χ0n) is 13.2. The summed E-state index contributed by atoms with van der Waals surface area (Å²) < 4.78 is 0. The Morgan fingerprint density at radius 3 is 2.70 bits per heavy atom. The average molecular weight is 275 g/mol. The molecular weight excluding hydrogens is 246 g/mol. The van der Waals surface area contributed by atoms with Crippen LogP contribution in [-0.2, 0) is 6.54 Å². The Bertz CT molecular complexity index is 397. The molecule has 1 fully saturated rings. The minimum absolute atomic E-state index is 0.772. The first-order chi connectivity index (χ1) is 9.69. The molecule has 2 rings (SSSR count). The average Bonchev–Trinajstić information content (AvgIpc) is 2.97. The van der Waals surface area contributed by atoms with Crippen LogP contribution in [0, 0.1) is 5.92 Å². The second-order valence-corrected chi connectivity index (χ2v) is 6.36. The second kappa shape index (κ2) is 7.63. The number of pyridine rings is 1. The zero-order valence-corrected chi connectivity index (χ0v) is 13.2. The molecule has 112 valence electrons. The summed E-state index contributed by atoms with van der Waals surface area (Å²) in [5.74, 6) is 1.74. The second-order valence-electron chi connectivity index (χ2n) is 6.36. The van der Waals surface area contributed by atoms with E-state index in [-0.39, 0.29) is 0 Å². The molecule has 1 heterocycles. The van der Waals surface area contributed by atoms with E-state index in [1.165, 1.54) is 44.3 Å². The van der Waals surface area contributed by atoms with Crippen molar-refractivity contribution < 1.29 is 0 Å². The van der Waals surface area contributed by atoms with Crippen molar-refractivity contribution >= 4 is 5.82 Å². The van der Waals surface area contributed by atoms with E-state index in [4.69, 9.17) is 0 Å². The van der Waals surface area contributed by atoms with Crippen LogP contribution < -0.4 is 5.32 Å². The molecule has 1 aromatic heterocycles. The molecule has 1 N–H and O–H groups in total. The summed E-state index contributed by atoms with van der Waals surface area (Å²) in [4.78, 5) is 7.34. The molecule has 0 aromatic carbocycles. The van der Waals surface area contributed by atoms with E-state index >= 15 is 0 Å². The Labute approximate surface area is 123 Å². The summed E-state index contributed by atoms with van der Waals surface area (Å²) in [5, 5.41) is 3.13. The summed E-state index contributed by atoms with van der Waals surface area (Å²) in [6.45, 7) is 6.82. The minimum Gasteiger partial charge on any atom is -0.373 e. The van der Waals surface area contributed by atoms with Gasteiger partial charge in [-0.1, -0.05) is 32.8 Å². The number of hydrogen-bond donors (Lipinski definition) is 1. The maximum absolute atomic E-state index is 4.68. The van der Waals surface area contributed by atoms with Gasteiger partial charge in [0, 0.05) is 19.6 Å². The van der Waals surface area contributed by atoms with Crippen LogP contribution in [0.15, 0.2) is 18.2 Å². The van der Waals surface area contributed by atoms with E-state index in [1.54, 1.807) is 0 Å². The summed E-state index contributed by atoms with van der Waals surface area (Å²) in [6.07, 6.45) is 6.80. The van der Waals surface area contributed by atoms with Crippen LogP contribution in [0.1, 0.15) is 51.6 Å². The predicted molar refractivity (Wildman–Crippen MR) is 85.9 cm³/mol. The van der Waals surface area contributed by atoms with E-state index in [0.717, 1.165) is 24.3 Å². The van der Waals surface area contributed by atoms with Crippen molar-refractivity contribution in [1.29, 1.82) is 0 Å². The highest BCUT2D eigenvalue weighted by molar-refractivity contribution is 5.34. The summed E-state index contributed by atoms with van der Waals surface area (Å²) in [7, 11) is 1.93. The van der Waals surface area contributed by atoms with Gasteiger partial charge in [-0.2, -0.15) is 0 Å². The highest BCUT2D eigenvalue weighted by atomic mass is 15.2. The molecule has 1 aliphatic rings. The molecule has 3 nitrogen and oxygen atoms in total. The smallest absolute Gasteiger partial charge is 0.126 e. The fourth-order valence-electron chi connectivity index (χ4n) is 3.00. The van der Waals surface area contributed by atoms with Crippen molar-refractivity contribution in [2.75, 3.05) is 18.9 Å². The largest absolute Gasteiger partial charge is 0.373 e. The number of aromatic nitrogens is 1. The van der Waals surface area contributed by atoms with Crippen LogP contribution >= 0.6 is 0 Å². The van der Waals surface area contributed by atoms with Gasteiger partial charge in [-0.3, -0.25) is 4.90 Å². The van der Waals surface area contributed by atoms with Gasteiger partial charge in [0.05, 0.1) is 5.69 Å². The number of nitrogens with zero attached hydrogens (tertiary/aromatic N) is 2. The van der Waals surface area contributed by atoms with Crippen LogP contribution in [0.2, 0.25) is 0 Å². The predicted octanol–water partition coefficient (Wildman–Crippen LogP) is 3.91. The Hall–Kier alpha value is -1.09. The van der Waals surface area contributed by atoms with Crippen LogP contribution in [0.4, 0.5) is 5.82 Å². The quantitative estimate of drug-likeness (QED) is 0.817. The highest BCUT2D eigenvalue weighted by Crippen LogP contribution is 2.25. The third-order valence-corrected chi connectivity index (χ3v) is 4.26. The number of rotatable bonds is 7. The van der Waals surface area contributed by atoms with Crippen LogP contribution in [0.25, 0.3) is 0 Å². The number of nitrogens with one attached hydrogen (secondary N) is 1. The zero-order chi connectivity index (χ0) is 14.4. The number of anilines is 1. The monoisotopic (exact) mass is 275 g/mol. The topological polar surface area (TPSA) is 28.2 Å². The highest BCUT2D eigenvalue weighted by Gasteiger charge is 2.22. The molecule has 0 aliphatic heterocycles. The van der Waals surface area contributed by atoms with Gasteiger partial charge in [0.25, 0.3) is 0 Å². The molecule has 0 spiro atoms. The lowest BCUT2D eigenvalue weighted by molar-refractivity contribution is 0.177. The Kier molecular flexibility index (Phi) is 5.84. The number of hydrogen-bond acceptors (Lipinski definition) is 3. The van der Waals surface area contributed by atoms with Gasteiger partial charge in [-0.25, -0.2) is 4.98 Å². The van der Waals surface area contributed by atoms with Gasteiger partial charge in [0.2, 0.25) is 0 Å². The maximum Gasteiger partial charge on any atom is 0.126 e. The van der Waals surface area contributed by atoms with Gasteiger partial charge in [-0.05, 0) is 43.9 Å². The standard InChI is InChI=1S/C17H29N3/c1-14(2)11-12-20(16-8-4-5-9-16)13-15-7-6-10-17(18-3)19-15/h6-7,10,14,16H,4-5,8-9,11-13H2,1-3H3,(H,18,19). The fraction of sp³-hybridized carbons (Fsp3) is 0.706. The Morgan fingerprint density at radius 2 is 2.05 bits per heavy atom. The summed E-state index contributed by atoms with van der Waals surface area (Å²) >= 11 is 0. The van der Waals surface area contributed by atoms with E-state index in [9.17, 15) is 0 Å². The van der Waals surface area contributed by atoms with Crippen LogP contribution in [0.3, 0.4) is 0 Å². The molecule has 0 saturated heterocycles. The van der Waals surface area contributed by atoms with Gasteiger partial charge in [0.1, 0.15) is 5.82 Å². The lowest BCUT2D eigenvalue weighted by atomic mass is 10.1. The minimum atomic E-state index is 0.772. The maximum atomic E-state index is 4.68. The van der Waals surface area contributed by atoms with Crippen LogP contribution in [-0.4, -0.2) is 29.5 Å². The Morgan fingerprint density at radius 1 is 1.30 bits per heavy atom. The van der Waals surface area contributed by atoms with E-state index in [0.29, 0.717) is 0 Å². The summed E-state index contributed by atoms with van der Waals surface area (Å²) in [6, 6.07) is 7.05. The Balaban J connectivity index is 2.01. The first-order valence-corrected chi connectivity index (χ1v) is 8.06. The SMILES string of the molecule is CNc1cccc(CN(CCC(C)C)C2CCCC2)n1. The third kappa shape index (κ3) is 4.48. The first-order valence-electron chi connectivity index (χ1n) is 8.06.